The number of fused-ring (bicyclic) bond motifs is 1. The minimum Gasteiger partial charge on any atom is -0.490 e. The highest BCUT2D eigenvalue weighted by Gasteiger charge is 2.17. The lowest BCUT2D eigenvalue weighted by Gasteiger charge is -2.29. The molecule has 1 aromatic rings. The van der Waals surface area contributed by atoms with Crippen molar-refractivity contribution in [2.24, 2.45) is 0 Å². The molecule has 0 saturated carbocycles. The van der Waals surface area contributed by atoms with E-state index in [9.17, 15) is 0 Å². The van der Waals surface area contributed by atoms with E-state index in [2.05, 4.69) is 44.9 Å². The van der Waals surface area contributed by atoms with Gasteiger partial charge in [-0.15, -0.1) is 0 Å². The maximum Gasteiger partial charge on any atom is 0.142 e. The fourth-order valence-electron chi connectivity index (χ4n) is 2.14. The summed E-state index contributed by atoms with van der Waals surface area (Å²) in [5, 5.41) is 0. The maximum atomic E-state index is 5.70. The molecule has 2 heteroatoms. The van der Waals surface area contributed by atoms with Gasteiger partial charge in [-0.3, -0.25) is 0 Å². The monoisotopic (exact) mass is 205 g/mol. The summed E-state index contributed by atoms with van der Waals surface area (Å²) in [6.45, 7) is 8.40. The molecule has 2 rings (SSSR count). The van der Waals surface area contributed by atoms with E-state index in [0.29, 0.717) is 5.92 Å². The molecule has 0 aliphatic carbocycles. The number of likely N-dealkylation sites (N-methyl/N-ethyl adjacent to an activating group) is 1. The third-order valence-electron chi connectivity index (χ3n) is 3.07. The molecule has 0 amide bonds. The van der Waals surface area contributed by atoms with Gasteiger partial charge in [-0.05, 0) is 36.1 Å². The van der Waals surface area contributed by atoms with Crippen molar-refractivity contribution in [2.45, 2.75) is 26.7 Å². The maximum absolute atomic E-state index is 5.70. The van der Waals surface area contributed by atoms with Crippen molar-refractivity contribution < 1.29 is 4.74 Å². The lowest BCUT2D eigenvalue weighted by atomic mass is 9.96. The second kappa shape index (κ2) is 3.76. The van der Waals surface area contributed by atoms with Gasteiger partial charge in [0.15, 0.2) is 0 Å². The van der Waals surface area contributed by atoms with Gasteiger partial charge in [0.25, 0.3) is 0 Å². The summed E-state index contributed by atoms with van der Waals surface area (Å²) in [6, 6.07) is 4.44. The van der Waals surface area contributed by atoms with Gasteiger partial charge in [0.1, 0.15) is 12.4 Å². The molecule has 1 aliphatic rings. The number of anilines is 1. The molecule has 2 nitrogen and oxygen atoms in total. The van der Waals surface area contributed by atoms with E-state index in [1.54, 1.807) is 0 Å². The van der Waals surface area contributed by atoms with Crippen LogP contribution in [0.25, 0.3) is 0 Å². The fourth-order valence-corrected chi connectivity index (χ4v) is 2.14. The third kappa shape index (κ3) is 1.81. The summed E-state index contributed by atoms with van der Waals surface area (Å²) >= 11 is 0. The summed E-state index contributed by atoms with van der Waals surface area (Å²) in [5.41, 5.74) is 3.98. The third-order valence-corrected chi connectivity index (χ3v) is 3.07. The van der Waals surface area contributed by atoms with Gasteiger partial charge in [-0.1, -0.05) is 13.8 Å². The van der Waals surface area contributed by atoms with E-state index in [4.69, 9.17) is 4.74 Å². The van der Waals surface area contributed by atoms with Crippen LogP contribution in [0.2, 0.25) is 0 Å². The Morgan fingerprint density at radius 3 is 2.73 bits per heavy atom. The molecule has 0 radical (unpaired) electrons. The SMILES string of the molecule is Cc1cc2c(cc1C(C)C)OCCN2C. The minimum atomic E-state index is 0.561. The first-order valence-electron chi connectivity index (χ1n) is 5.58. The van der Waals surface area contributed by atoms with Crippen molar-refractivity contribution in [2.75, 3.05) is 25.1 Å². The topological polar surface area (TPSA) is 12.5 Å². The second-order valence-corrected chi connectivity index (χ2v) is 4.60. The van der Waals surface area contributed by atoms with E-state index in [0.717, 1.165) is 18.9 Å². The largest absolute Gasteiger partial charge is 0.490 e. The number of hydrogen-bond donors (Lipinski definition) is 0. The second-order valence-electron chi connectivity index (χ2n) is 4.60. The predicted octanol–water partition coefficient (Wildman–Crippen LogP) is 2.95. The van der Waals surface area contributed by atoms with Gasteiger partial charge in [-0.25, -0.2) is 0 Å². The highest BCUT2D eigenvalue weighted by Crippen LogP contribution is 2.35. The van der Waals surface area contributed by atoms with Crippen molar-refractivity contribution in [3.63, 3.8) is 0 Å². The average Bonchev–Trinajstić information content (AvgIpc) is 2.18. The average molecular weight is 205 g/mol. The van der Waals surface area contributed by atoms with Crippen LogP contribution in [0.5, 0.6) is 5.75 Å². The Morgan fingerprint density at radius 2 is 2.07 bits per heavy atom. The first-order valence-corrected chi connectivity index (χ1v) is 5.58. The van der Waals surface area contributed by atoms with Gasteiger partial charge in [0, 0.05) is 7.05 Å². The summed E-state index contributed by atoms with van der Waals surface area (Å²) in [7, 11) is 2.12. The summed E-state index contributed by atoms with van der Waals surface area (Å²) in [5.74, 6) is 1.60. The van der Waals surface area contributed by atoms with Crippen LogP contribution in [0.3, 0.4) is 0 Å². The van der Waals surface area contributed by atoms with Crippen LogP contribution in [0.1, 0.15) is 30.9 Å². The zero-order valence-corrected chi connectivity index (χ0v) is 10.0. The van der Waals surface area contributed by atoms with Gasteiger partial charge < -0.3 is 9.64 Å². The van der Waals surface area contributed by atoms with Crippen molar-refractivity contribution in [3.05, 3.63) is 23.3 Å². The van der Waals surface area contributed by atoms with Crippen molar-refractivity contribution in [3.8, 4) is 5.75 Å². The number of aryl methyl sites for hydroxylation is 1. The zero-order chi connectivity index (χ0) is 11.0. The molecule has 1 aliphatic heterocycles. The minimum absolute atomic E-state index is 0.561. The van der Waals surface area contributed by atoms with Gasteiger partial charge in [0.05, 0.1) is 12.2 Å². The Kier molecular flexibility index (Phi) is 2.59. The van der Waals surface area contributed by atoms with Crippen LogP contribution in [0.4, 0.5) is 5.69 Å². The fraction of sp³-hybridized carbons (Fsp3) is 0.538. The molecule has 0 bridgehead atoms. The smallest absolute Gasteiger partial charge is 0.142 e. The van der Waals surface area contributed by atoms with Crippen LogP contribution in [-0.4, -0.2) is 20.2 Å². The van der Waals surface area contributed by atoms with Crippen LogP contribution >= 0.6 is 0 Å². The predicted molar refractivity (Wildman–Crippen MR) is 64.0 cm³/mol. The van der Waals surface area contributed by atoms with E-state index >= 15 is 0 Å². The van der Waals surface area contributed by atoms with Gasteiger partial charge in [-0.2, -0.15) is 0 Å². The van der Waals surface area contributed by atoms with E-state index in [1.807, 2.05) is 0 Å². The molecule has 0 N–H and O–H groups in total. The standard InChI is InChI=1S/C13H19NO/c1-9(2)11-8-13-12(7-10(11)3)14(4)5-6-15-13/h7-9H,5-6H2,1-4H3. The van der Waals surface area contributed by atoms with Crippen LogP contribution in [-0.2, 0) is 0 Å². The molecule has 1 aromatic carbocycles. The Balaban J connectivity index is 2.49. The number of nitrogens with zero attached hydrogens (tertiary/aromatic N) is 1. The molecule has 0 fully saturated rings. The first kappa shape index (κ1) is 10.3. The molecular weight excluding hydrogens is 186 g/mol. The molecule has 0 saturated heterocycles. The molecule has 0 aromatic heterocycles. The van der Waals surface area contributed by atoms with Crippen LogP contribution in [0.15, 0.2) is 12.1 Å². The zero-order valence-electron chi connectivity index (χ0n) is 10.0. The molecule has 82 valence electrons. The molecule has 0 unspecified atom stereocenters. The van der Waals surface area contributed by atoms with Crippen molar-refractivity contribution in [1.29, 1.82) is 0 Å². The summed E-state index contributed by atoms with van der Waals surface area (Å²) in [6.07, 6.45) is 0. The lowest BCUT2D eigenvalue weighted by molar-refractivity contribution is 0.311. The Bertz CT molecular complexity index is 371. The van der Waals surface area contributed by atoms with E-state index in [1.165, 1.54) is 16.8 Å². The van der Waals surface area contributed by atoms with Gasteiger partial charge in [0.2, 0.25) is 0 Å². The molecule has 0 atom stereocenters. The van der Waals surface area contributed by atoms with Crippen LogP contribution in [0, 0.1) is 6.92 Å². The van der Waals surface area contributed by atoms with Crippen LogP contribution < -0.4 is 9.64 Å². The van der Waals surface area contributed by atoms with Gasteiger partial charge >= 0.3 is 0 Å². The Labute approximate surface area is 91.9 Å². The van der Waals surface area contributed by atoms with Crippen molar-refractivity contribution in [1.82, 2.24) is 0 Å². The van der Waals surface area contributed by atoms with E-state index < -0.39 is 0 Å². The number of rotatable bonds is 1. The highest BCUT2D eigenvalue weighted by molar-refractivity contribution is 5.63. The number of hydrogen-bond acceptors (Lipinski definition) is 2. The normalized spacial score (nSPS) is 15.1. The van der Waals surface area contributed by atoms with Crippen molar-refractivity contribution >= 4 is 5.69 Å². The Morgan fingerprint density at radius 1 is 1.33 bits per heavy atom. The Hall–Kier alpha value is -1.18. The summed E-state index contributed by atoms with van der Waals surface area (Å²) in [4.78, 5) is 2.26. The van der Waals surface area contributed by atoms with E-state index in [-0.39, 0.29) is 0 Å². The summed E-state index contributed by atoms with van der Waals surface area (Å²) < 4.78 is 5.70. The quantitative estimate of drug-likeness (QED) is 0.699. The molecule has 15 heavy (non-hydrogen) atoms. The number of ether oxygens (including phenoxy) is 1. The lowest BCUT2D eigenvalue weighted by Crippen LogP contribution is -2.29. The molecule has 1 heterocycles. The highest BCUT2D eigenvalue weighted by atomic mass is 16.5. The molecular formula is C13H19NO. The molecule has 0 spiro atoms. The first-order chi connectivity index (χ1) is 7.09. The number of benzene rings is 1.